The van der Waals surface area contributed by atoms with Gasteiger partial charge in [0.2, 0.25) is 0 Å². The standard InChI is InChI=1S/C8H10N4/c9-6(5-8(10)11)7-3-1-2-4-12-7/h1-5H,9H2,(H3,10,11). The van der Waals surface area contributed by atoms with Crippen molar-refractivity contribution in [2.75, 3.05) is 0 Å². The van der Waals surface area contributed by atoms with Crippen LogP contribution in [0.15, 0.2) is 30.5 Å². The van der Waals surface area contributed by atoms with Crippen molar-refractivity contribution in [3.63, 3.8) is 0 Å². The van der Waals surface area contributed by atoms with Crippen LogP contribution >= 0.6 is 0 Å². The Morgan fingerprint density at radius 2 is 2.17 bits per heavy atom. The van der Waals surface area contributed by atoms with Crippen molar-refractivity contribution < 1.29 is 0 Å². The molecule has 0 aliphatic heterocycles. The van der Waals surface area contributed by atoms with Crippen molar-refractivity contribution in [1.29, 1.82) is 5.41 Å². The highest BCUT2D eigenvalue weighted by molar-refractivity contribution is 5.94. The van der Waals surface area contributed by atoms with E-state index in [0.29, 0.717) is 11.4 Å². The average Bonchev–Trinajstić information content (AvgIpc) is 2.05. The van der Waals surface area contributed by atoms with Gasteiger partial charge in [-0.1, -0.05) is 6.07 Å². The van der Waals surface area contributed by atoms with Gasteiger partial charge < -0.3 is 11.5 Å². The largest absolute Gasteiger partial charge is 0.397 e. The zero-order valence-corrected chi connectivity index (χ0v) is 6.49. The van der Waals surface area contributed by atoms with Crippen molar-refractivity contribution in [2.24, 2.45) is 11.5 Å². The highest BCUT2D eigenvalue weighted by Gasteiger charge is 1.95. The fourth-order valence-electron chi connectivity index (χ4n) is 0.775. The van der Waals surface area contributed by atoms with Crippen LogP contribution in [0.4, 0.5) is 0 Å². The molecule has 0 spiro atoms. The molecule has 0 aromatic carbocycles. The molecule has 0 aliphatic carbocycles. The first-order valence-electron chi connectivity index (χ1n) is 3.43. The molecule has 62 valence electrons. The Morgan fingerprint density at radius 1 is 1.42 bits per heavy atom. The summed E-state index contributed by atoms with van der Waals surface area (Å²) >= 11 is 0. The molecule has 4 nitrogen and oxygen atoms in total. The number of rotatable bonds is 2. The fourth-order valence-corrected chi connectivity index (χ4v) is 0.775. The Hall–Kier alpha value is -1.84. The molecule has 0 aliphatic rings. The van der Waals surface area contributed by atoms with E-state index in [1.807, 2.05) is 6.07 Å². The predicted octanol–water partition coefficient (Wildman–Crippen LogP) is 0.317. The van der Waals surface area contributed by atoms with Crippen LogP contribution in [0.25, 0.3) is 5.70 Å². The Morgan fingerprint density at radius 3 is 2.67 bits per heavy atom. The van der Waals surface area contributed by atoms with E-state index >= 15 is 0 Å². The Balaban J connectivity index is 2.93. The lowest BCUT2D eigenvalue weighted by atomic mass is 10.2. The molecule has 5 N–H and O–H groups in total. The monoisotopic (exact) mass is 162 g/mol. The van der Waals surface area contributed by atoms with Crippen LogP contribution in [0.2, 0.25) is 0 Å². The minimum atomic E-state index is -0.0712. The predicted molar refractivity (Wildman–Crippen MR) is 48.3 cm³/mol. The van der Waals surface area contributed by atoms with Gasteiger partial charge >= 0.3 is 0 Å². The second kappa shape index (κ2) is 3.52. The minimum Gasteiger partial charge on any atom is -0.397 e. The Labute approximate surface area is 70.4 Å². The molecule has 0 fully saturated rings. The lowest BCUT2D eigenvalue weighted by Crippen LogP contribution is -2.09. The van der Waals surface area contributed by atoms with Crippen molar-refractivity contribution in [3.8, 4) is 0 Å². The number of pyridine rings is 1. The van der Waals surface area contributed by atoms with E-state index in [0.717, 1.165) is 0 Å². The summed E-state index contributed by atoms with van der Waals surface area (Å²) in [6.45, 7) is 0. The van der Waals surface area contributed by atoms with E-state index in [1.54, 1.807) is 18.3 Å². The third-order valence-corrected chi connectivity index (χ3v) is 1.27. The molecular weight excluding hydrogens is 152 g/mol. The summed E-state index contributed by atoms with van der Waals surface area (Å²) in [7, 11) is 0. The van der Waals surface area contributed by atoms with Crippen molar-refractivity contribution in [1.82, 2.24) is 4.98 Å². The second-order valence-corrected chi connectivity index (χ2v) is 2.27. The fraction of sp³-hybridized carbons (Fsp3) is 0. The number of nitrogens with one attached hydrogen (secondary N) is 1. The third-order valence-electron chi connectivity index (χ3n) is 1.27. The molecule has 12 heavy (non-hydrogen) atoms. The Kier molecular flexibility index (Phi) is 2.42. The van der Waals surface area contributed by atoms with E-state index in [9.17, 15) is 0 Å². The van der Waals surface area contributed by atoms with E-state index < -0.39 is 0 Å². The van der Waals surface area contributed by atoms with Crippen LogP contribution in [-0.2, 0) is 0 Å². The first kappa shape index (κ1) is 8.26. The van der Waals surface area contributed by atoms with Crippen molar-refractivity contribution in [3.05, 3.63) is 36.2 Å². The average molecular weight is 162 g/mol. The Bertz CT molecular complexity index is 302. The molecule has 1 rings (SSSR count). The summed E-state index contributed by atoms with van der Waals surface area (Å²) in [6.07, 6.45) is 3.00. The number of aromatic nitrogens is 1. The van der Waals surface area contributed by atoms with Crippen molar-refractivity contribution in [2.45, 2.75) is 0 Å². The smallest absolute Gasteiger partial charge is 0.117 e. The lowest BCUT2D eigenvalue weighted by Gasteiger charge is -1.98. The number of nitrogens with zero attached hydrogens (tertiary/aromatic N) is 1. The van der Waals surface area contributed by atoms with Crippen molar-refractivity contribution >= 4 is 11.5 Å². The molecule has 0 atom stereocenters. The summed E-state index contributed by atoms with van der Waals surface area (Å²) in [4.78, 5) is 3.99. The van der Waals surface area contributed by atoms with Crippen LogP contribution in [0.1, 0.15) is 5.69 Å². The van der Waals surface area contributed by atoms with Crippen LogP contribution < -0.4 is 11.5 Å². The van der Waals surface area contributed by atoms with Gasteiger partial charge in [0, 0.05) is 12.3 Å². The molecule has 0 saturated heterocycles. The quantitative estimate of drug-likeness (QED) is 0.432. The highest BCUT2D eigenvalue weighted by atomic mass is 14.8. The number of nitrogens with two attached hydrogens (primary N) is 2. The first-order chi connectivity index (χ1) is 5.70. The van der Waals surface area contributed by atoms with Gasteiger partial charge in [0.25, 0.3) is 0 Å². The van der Waals surface area contributed by atoms with Gasteiger partial charge in [0.05, 0.1) is 11.4 Å². The van der Waals surface area contributed by atoms with E-state index in [2.05, 4.69) is 4.98 Å². The maximum Gasteiger partial charge on any atom is 0.117 e. The zero-order chi connectivity index (χ0) is 8.97. The molecular formula is C8H10N4. The number of hydrogen-bond donors (Lipinski definition) is 3. The molecule has 0 amide bonds. The minimum absolute atomic E-state index is 0.0712. The van der Waals surface area contributed by atoms with Gasteiger partial charge in [-0.15, -0.1) is 0 Å². The second-order valence-electron chi connectivity index (χ2n) is 2.27. The number of hydrogen-bond acceptors (Lipinski definition) is 3. The van der Waals surface area contributed by atoms with Crippen LogP contribution in [0, 0.1) is 5.41 Å². The molecule has 0 radical (unpaired) electrons. The molecule has 0 unspecified atom stereocenters. The maximum atomic E-state index is 6.97. The van der Waals surface area contributed by atoms with Crippen LogP contribution in [-0.4, -0.2) is 10.8 Å². The summed E-state index contributed by atoms with van der Waals surface area (Å²) < 4.78 is 0. The lowest BCUT2D eigenvalue weighted by molar-refractivity contribution is 1.26. The van der Waals surface area contributed by atoms with Gasteiger partial charge in [0.1, 0.15) is 5.84 Å². The summed E-state index contributed by atoms with van der Waals surface area (Å²) in [5.41, 5.74) is 11.7. The summed E-state index contributed by atoms with van der Waals surface area (Å²) in [5, 5.41) is 6.97. The summed E-state index contributed by atoms with van der Waals surface area (Å²) in [5.74, 6) is -0.0712. The van der Waals surface area contributed by atoms with Crippen LogP contribution in [0.5, 0.6) is 0 Å². The molecule has 1 aromatic rings. The SMILES string of the molecule is N=C(N)C=C(N)c1ccccn1. The number of amidine groups is 1. The van der Waals surface area contributed by atoms with Gasteiger partial charge in [-0.3, -0.25) is 10.4 Å². The third kappa shape index (κ3) is 2.09. The maximum absolute atomic E-state index is 6.97. The molecule has 0 saturated carbocycles. The van der Waals surface area contributed by atoms with Crippen LogP contribution in [0.3, 0.4) is 0 Å². The molecule has 1 aromatic heterocycles. The highest BCUT2D eigenvalue weighted by Crippen LogP contribution is 2.02. The molecule has 1 heterocycles. The molecule has 4 heteroatoms. The van der Waals surface area contributed by atoms with E-state index in [1.165, 1.54) is 6.08 Å². The molecule has 0 bridgehead atoms. The van der Waals surface area contributed by atoms with E-state index in [-0.39, 0.29) is 5.84 Å². The van der Waals surface area contributed by atoms with Gasteiger partial charge in [-0.25, -0.2) is 0 Å². The zero-order valence-electron chi connectivity index (χ0n) is 6.49. The van der Waals surface area contributed by atoms with Gasteiger partial charge in [0.15, 0.2) is 0 Å². The topological polar surface area (TPSA) is 88.8 Å². The first-order valence-corrected chi connectivity index (χ1v) is 3.43. The summed E-state index contributed by atoms with van der Waals surface area (Å²) in [6, 6.07) is 5.38. The van der Waals surface area contributed by atoms with E-state index in [4.69, 9.17) is 16.9 Å². The van der Waals surface area contributed by atoms with Gasteiger partial charge in [-0.05, 0) is 12.1 Å². The van der Waals surface area contributed by atoms with Gasteiger partial charge in [-0.2, -0.15) is 0 Å². The normalized spacial score (nSPS) is 11.2.